The Hall–Kier alpha value is -1.12. The van der Waals surface area contributed by atoms with Crippen LogP contribution in [0.5, 0.6) is 0 Å². The third-order valence-corrected chi connectivity index (χ3v) is 3.78. The van der Waals surface area contributed by atoms with Gasteiger partial charge >= 0.3 is 0 Å². The lowest BCUT2D eigenvalue weighted by molar-refractivity contribution is -0.122. The average Bonchev–Trinajstić information content (AvgIpc) is 3.03. The van der Waals surface area contributed by atoms with Crippen molar-refractivity contribution in [3.8, 4) is 6.07 Å². The van der Waals surface area contributed by atoms with Crippen molar-refractivity contribution < 1.29 is 4.79 Å². The van der Waals surface area contributed by atoms with E-state index in [4.69, 9.17) is 5.26 Å². The lowest BCUT2D eigenvalue weighted by Crippen LogP contribution is -2.44. The number of rotatable bonds is 8. The van der Waals surface area contributed by atoms with E-state index < -0.39 is 0 Å². The van der Waals surface area contributed by atoms with Gasteiger partial charge in [-0.05, 0) is 38.1 Å². The van der Waals surface area contributed by atoms with E-state index in [1.165, 1.54) is 25.7 Å². The van der Waals surface area contributed by atoms with Crippen LogP contribution in [-0.4, -0.2) is 49.6 Å². The van der Waals surface area contributed by atoms with E-state index in [1.54, 1.807) is 0 Å². The van der Waals surface area contributed by atoms with Gasteiger partial charge in [0.2, 0.25) is 5.91 Å². The summed E-state index contributed by atoms with van der Waals surface area (Å²) in [5.41, 5.74) is 0. The molecule has 0 aromatic heterocycles. The fourth-order valence-corrected chi connectivity index (χ4v) is 2.61. The molecule has 1 heterocycles. The Balaban J connectivity index is 1.72. The summed E-state index contributed by atoms with van der Waals surface area (Å²) >= 11 is 0. The largest absolute Gasteiger partial charge is 0.354 e. The molecule has 1 saturated carbocycles. The lowest BCUT2D eigenvalue weighted by atomic mass is 10.2. The monoisotopic (exact) mass is 264 g/mol. The molecule has 5 heteroatoms. The van der Waals surface area contributed by atoms with Crippen LogP contribution in [0.1, 0.15) is 32.1 Å². The van der Waals surface area contributed by atoms with E-state index in [-0.39, 0.29) is 5.91 Å². The molecule has 2 fully saturated rings. The first-order chi connectivity index (χ1) is 9.28. The predicted molar refractivity (Wildman–Crippen MR) is 73.4 cm³/mol. The third kappa shape index (κ3) is 5.58. The van der Waals surface area contributed by atoms with Crippen LogP contribution in [0.25, 0.3) is 0 Å². The maximum atomic E-state index is 11.8. The summed E-state index contributed by atoms with van der Waals surface area (Å²) in [7, 11) is 0. The molecule has 1 atom stereocenters. The summed E-state index contributed by atoms with van der Waals surface area (Å²) in [4.78, 5) is 14.1. The molecule has 0 radical (unpaired) electrons. The van der Waals surface area contributed by atoms with Crippen molar-refractivity contribution in [1.29, 1.82) is 5.26 Å². The summed E-state index contributed by atoms with van der Waals surface area (Å²) in [6, 6.07) is 2.59. The van der Waals surface area contributed by atoms with E-state index in [0.29, 0.717) is 25.6 Å². The highest BCUT2D eigenvalue weighted by Crippen LogP contribution is 2.29. The smallest absolute Gasteiger partial charge is 0.234 e. The molecular weight excluding hydrogens is 240 g/mol. The minimum atomic E-state index is 0.0499. The van der Waals surface area contributed by atoms with Crippen LogP contribution in [0.2, 0.25) is 0 Å². The third-order valence-electron chi connectivity index (χ3n) is 3.78. The maximum absolute atomic E-state index is 11.8. The van der Waals surface area contributed by atoms with Gasteiger partial charge < -0.3 is 10.6 Å². The molecule has 1 aliphatic heterocycles. The molecule has 0 spiro atoms. The highest BCUT2D eigenvalue weighted by Gasteiger charge is 2.27. The zero-order valence-electron chi connectivity index (χ0n) is 11.5. The van der Waals surface area contributed by atoms with Crippen molar-refractivity contribution in [2.24, 2.45) is 5.92 Å². The molecule has 0 bridgehead atoms. The zero-order valence-corrected chi connectivity index (χ0v) is 11.5. The molecule has 19 heavy (non-hydrogen) atoms. The van der Waals surface area contributed by atoms with Crippen LogP contribution in [0.15, 0.2) is 0 Å². The number of nitrogens with zero attached hydrogens (tertiary/aromatic N) is 2. The molecule has 2 rings (SSSR count). The second-order valence-electron chi connectivity index (χ2n) is 5.69. The first-order valence-corrected chi connectivity index (χ1v) is 7.37. The molecule has 0 aromatic carbocycles. The Labute approximate surface area is 115 Å². The van der Waals surface area contributed by atoms with E-state index in [2.05, 4.69) is 15.5 Å². The Morgan fingerprint density at radius 1 is 1.37 bits per heavy atom. The van der Waals surface area contributed by atoms with Gasteiger partial charge in [-0.15, -0.1) is 0 Å². The Bertz CT molecular complexity index is 329. The average molecular weight is 264 g/mol. The maximum Gasteiger partial charge on any atom is 0.234 e. The number of amides is 1. The summed E-state index contributed by atoms with van der Waals surface area (Å²) in [6.07, 6.45) is 5.47. The molecule has 1 saturated heterocycles. The van der Waals surface area contributed by atoms with Crippen molar-refractivity contribution in [2.75, 3.05) is 32.7 Å². The number of nitrogens with one attached hydrogen (secondary N) is 2. The molecule has 106 valence electrons. The van der Waals surface area contributed by atoms with Crippen molar-refractivity contribution in [3.05, 3.63) is 0 Å². The number of hydrogen-bond acceptors (Lipinski definition) is 4. The van der Waals surface area contributed by atoms with Crippen molar-refractivity contribution in [3.63, 3.8) is 0 Å². The van der Waals surface area contributed by atoms with Gasteiger partial charge in [0.25, 0.3) is 0 Å². The minimum Gasteiger partial charge on any atom is -0.354 e. The van der Waals surface area contributed by atoms with Crippen LogP contribution in [0, 0.1) is 17.2 Å². The summed E-state index contributed by atoms with van der Waals surface area (Å²) in [6.45, 7) is 4.07. The first kappa shape index (κ1) is 14.3. The number of carbonyl (C=O) groups excluding carboxylic acids is 1. The Morgan fingerprint density at radius 3 is 2.84 bits per heavy atom. The van der Waals surface area contributed by atoms with Gasteiger partial charge in [0.1, 0.15) is 0 Å². The van der Waals surface area contributed by atoms with Crippen molar-refractivity contribution >= 4 is 5.91 Å². The molecule has 0 aromatic rings. The minimum absolute atomic E-state index is 0.0499. The Morgan fingerprint density at radius 2 is 2.21 bits per heavy atom. The lowest BCUT2D eigenvalue weighted by Gasteiger charge is -2.25. The molecular formula is C14H24N4O. The zero-order chi connectivity index (χ0) is 13.5. The van der Waals surface area contributed by atoms with E-state index in [1.807, 2.05) is 6.07 Å². The summed E-state index contributed by atoms with van der Waals surface area (Å²) in [5.74, 6) is 0.849. The van der Waals surface area contributed by atoms with Gasteiger partial charge in [0.15, 0.2) is 0 Å². The van der Waals surface area contributed by atoms with Crippen LogP contribution in [0.3, 0.4) is 0 Å². The molecule has 5 nitrogen and oxygen atoms in total. The number of nitriles is 1. The molecule has 1 unspecified atom stereocenters. The highest BCUT2D eigenvalue weighted by atomic mass is 16.2. The van der Waals surface area contributed by atoms with Gasteiger partial charge in [-0.25, -0.2) is 0 Å². The fourth-order valence-electron chi connectivity index (χ4n) is 2.61. The number of hydrogen-bond donors (Lipinski definition) is 2. The van der Waals surface area contributed by atoms with E-state index in [0.717, 1.165) is 25.6 Å². The van der Waals surface area contributed by atoms with Crippen LogP contribution < -0.4 is 10.6 Å². The van der Waals surface area contributed by atoms with Crippen LogP contribution >= 0.6 is 0 Å². The quantitative estimate of drug-likeness (QED) is 0.626. The van der Waals surface area contributed by atoms with Crippen LogP contribution in [-0.2, 0) is 4.79 Å². The SMILES string of the molecule is N#CCCNC(=O)CN(CC1CC1)CC1CCCN1. The van der Waals surface area contributed by atoms with Gasteiger partial charge in [0.05, 0.1) is 19.0 Å². The van der Waals surface area contributed by atoms with Gasteiger partial charge in [-0.3, -0.25) is 9.69 Å². The number of carbonyl (C=O) groups is 1. The van der Waals surface area contributed by atoms with Gasteiger partial charge in [-0.2, -0.15) is 5.26 Å². The predicted octanol–water partition coefficient (Wildman–Crippen LogP) is 0.480. The highest BCUT2D eigenvalue weighted by molar-refractivity contribution is 5.78. The van der Waals surface area contributed by atoms with Crippen molar-refractivity contribution in [2.45, 2.75) is 38.1 Å². The molecule has 2 N–H and O–H groups in total. The van der Waals surface area contributed by atoms with Gasteiger partial charge in [0, 0.05) is 25.7 Å². The normalized spacial score (nSPS) is 22.4. The summed E-state index contributed by atoms with van der Waals surface area (Å²) in [5, 5.41) is 14.8. The molecule has 1 aliphatic carbocycles. The van der Waals surface area contributed by atoms with Crippen LogP contribution in [0.4, 0.5) is 0 Å². The summed E-state index contributed by atoms with van der Waals surface area (Å²) < 4.78 is 0. The fraction of sp³-hybridized carbons (Fsp3) is 0.857. The molecule has 1 amide bonds. The van der Waals surface area contributed by atoms with E-state index >= 15 is 0 Å². The topological polar surface area (TPSA) is 68.2 Å². The van der Waals surface area contributed by atoms with E-state index in [9.17, 15) is 4.79 Å². The van der Waals surface area contributed by atoms with Crippen molar-refractivity contribution in [1.82, 2.24) is 15.5 Å². The second kappa shape index (κ2) is 7.46. The second-order valence-corrected chi connectivity index (χ2v) is 5.69. The standard InChI is InChI=1S/C14H24N4O/c15-6-2-8-17-14(19)11-18(9-12-4-5-12)10-13-3-1-7-16-13/h12-13,16H,1-5,7-11H2,(H,17,19). The Kier molecular flexibility index (Phi) is 5.62. The first-order valence-electron chi connectivity index (χ1n) is 7.37. The molecule has 2 aliphatic rings. The van der Waals surface area contributed by atoms with Gasteiger partial charge in [-0.1, -0.05) is 0 Å².